The molecule has 0 aliphatic rings. The SMILES string of the molecule is O=C(OCCCc1cccnc1)c1cc(Cl)ccc1Br. The Hall–Kier alpha value is -1.39. The minimum Gasteiger partial charge on any atom is -0.462 e. The van der Waals surface area contributed by atoms with E-state index in [-0.39, 0.29) is 5.97 Å². The Morgan fingerprint density at radius 2 is 2.20 bits per heavy atom. The molecule has 3 nitrogen and oxygen atoms in total. The van der Waals surface area contributed by atoms with E-state index in [9.17, 15) is 4.79 Å². The van der Waals surface area contributed by atoms with Crippen LogP contribution in [0, 0.1) is 0 Å². The van der Waals surface area contributed by atoms with Crippen molar-refractivity contribution in [2.75, 3.05) is 6.61 Å². The number of hydrogen-bond acceptors (Lipinski definition) is 3. The van der Waals surface area contributed by atoms with E-state index < -0.39 is 0 Å². The molecule has 104 valence electrons. The van der Waals surface area contributed by atoms with Crippen LogP contribution in [0.25, 0.3) is 0 Å². The van der Waals surface area contributed by atoms with Crippen LogP contribution in [0.4, 0.5) is 0 Å². The van der Waals surface area contributed by atoms with Crippen LogP contribution in [0.5, 0.6) is 0 Å². The summed E-state index contributed by atoms with van der Waals surface area (Å²) in [5.41, 5.74) is 1.58. The Kier molecular flexibility index (Phi) is 5.56. The molecule has 0 radical (unpaired) electrons. The number of benzene rings is 1. The van der Waals surface area contributed by atoms with Gasteiger partial charge in [0.15, 0.2) is 0 Å². The lowest BCUT2D eigenvalue weighted by Gasteiger charge is -2.07. The molecule has 0 saturated carbocycles. The Morgan fingerprint density at radius 3 is 2.95 bits per heavy atom. The largest absolute Gasteiger partial charge is 0.462 e. The molecule has 0 atom stereocenters. The predicted octanol–water partition coefficient (Wildman–Crippen LogP) is 4.29. The van der Waals surface area contributed by atoms with Gasteiger partial charge in [-0.2, -0.15) is 0 Å². The molecule has 1 aromatic heterocycles. The highest BCUT2D eigenvalue weighted by atomic mass is 79.9. The molecule has 0 aliphatic carbocycles. The van der Waals surface area contributed by atoms with Gasteiger partial charge < -0.3 is 4.74 Å². The van der Waals surface area contributed by atoms with Gasteiger partial charge in [0.1, 0.15) is 0 Å². The highest BCUT2D eigenvalue weighted by Crippen LogP contribution is 2.22. The summed E-state index contributed by atoms with van der Waals surface area (Å²) in [6.07, 6.45) is 5.14. The van der Waals surface area contributed by atoms with Crippen LogP contribution < -0.4 is 0 Å². The minimum atomic E-state index is -0.370. The third kappa shape index (κ3) is 4.32. The number of carbonyl (C=O) groups is 1. The van der Waals surface area contributed by atoms with E-state index in [2.05, 4.69) is 20.9 Å². The van der Waals surface area contributed by atoms with Crippen LogP contribution in [-0.2, 0) is 11.2 Å². The summed E-state index contributed by atoms with van der Waals surface area (Å²) >= 11 is 9.18. The number of rotatable bonds is 5. The predicted molar refractivity (Wildman–Crippen MR) is 82.0 cm³/mol. The molecule has 0 bridgehead atoms. The van der Waals surface area contributed by atoms with Crippen LogP contribution in [0.3, 0.4) is 0 Å². The molecule has 0 N–H and O–H groups in total. The number of nitrogens with zero attached hydrogens (tertiary/aromatic N) is 1. The van der Waals surface area contributed by atoms with Gasteiger partial charge in [0, 0.05) is 21.9 Å². The van der Waals surface area contributed by atoms with Gasteiger partial charge in [0.25, 0.3) is 0 Å². The third-order valence-electron chi connectivity index (χ3n) is 2.71. The van der Waals surface area contributed by atoms with Crippen molar-refractivity contribution >= 4 is 33.5 Å². The van der Waals surface area contributed by atoms with Crippen molar-refractivity contribution in [1.82, 2.24) is 4.98 Å². The molecule has 0 fully saturated rings. The fourth-order valence-corrected chi connectivity index (χ4v) is 2.30. The monoisotopic (exact) mass is 353 g/mol. The van der Waals surface area contributed by atoms with Gasteiger partial charge in [-0.1, -0.05) is 17.7 Å². The van der Waals surface area contributed by atoms with Gasteiger partial charge in [-0.15, -0.1) is 0 Å². The van der Waals surface area contributed by atoms with Crippen molar-refractivity contribution in [3.05, 3.63) is 63.3 Å². The fourth-order valence-electron chi connectivity index (χ4n) is 1.72. The lowest BCUT2D eigenvalue weighted by atomic mass is 10.2. The molecule has 20 heavy (non-hydrogen) atoms. The summed E-state index contributed by atoms with van der Waals surface area (Å²) in [5.74, 6) is -0.370. The normalized spacial score (nSPS) is 10.3. The van der Waals surface area contributed by atoms with E-state index in [1.165, 1.54) is 0 Å². The Bertz CT molecular complexity index is 590. The first kappa shape index (κ1) is 15.0. The van der Waals surface area contributed by atoms with Crippen LogP contribution in [0.15, 0.2) is 47.2 Å². The second kappa shape index (κ2) is 7.41. The number of hydrogen-bond donors (Lipinski definition) is 0. The maximum atomic E-state index is 11.9. The summed E-state index contributed by atoms with van der Waals surface area (Å²) in [6.45, 7) is 0.368. The molecule has 5 heteroatoms. The second-order valence-electron chi connectivity index (χ2n) is 4.22. The van der Waals surface area contributed by atoms with Gasteiger partial charge in [0.05, 0.1) is 12.2 Å². The molecule has 0 aliphatic heterocycles. The number of pyridine rings is 1. The van der Waals surface area contributed by atoms with Crippen molar-refractivity contribution < 1.29 is 9.53 Å². The summed E-state index contributed by atoms with van der Waals surface area (Å²) in [6, 6.07) is 8.93. The Morgan fingerprint density at radius 1 is 1.35 bits per heavy atom. The van der Waals surface area contributed by atoms with Crippen molar-refractivity contribution in [1.29, 1.82) is 0 Å². The standard InChI is InChI=1S/C15H13BrClNO2/c16-14-6-5-12(17)9-13(14)15(19)20-8-2-4-11-3-1-7-18-10-11/h1,3,5-7,9-10H,2,4,8H2. The first-order chi connectivity index (χ1) is 9.66. The maximum Gasteiger partial charge on any atom is 0.339 e. The number of esters is 1. The zero-order chi connectivity index (χ0) is 14.4. The van der Waals surface area contributed by atoms with Gasteiger partial charge in [-0.25, -0.2) is 4.79 Å². The van der Waals surface area contributed by atoms with Crippen molar-refractivity contribution in [3.63, 3.8) is 0 Å². The van der Waals surface area contributed by atoms with E-state index >= 15 is 0 Å². The quantitative estimate of drug-likeness (QED) is 0.594. The average Bonchev–Trinajstić information content (AvgIpc) is 2.47. The molecule has 2 aromatic rings. The van der Waals surface area contributed by atoms with Gasteiger partial charge in [0.2, 0.25) is 0 Å². The number of halogens is 2. The molecular weight excluding hydrogens is 342 g/mol. The number of carbonyl (C=O) groups excluding carboxylic acids is 1. The van der Waals surface area contributed by atoms with Gasteiger partial charge in [-0.3, -0.25) is 4.98 Å². The summed E-state index contributed by atoms with van der Waals surface area (Å²) in [7, 11) is 0. The van der Waals surface area contributed by atoms with Crippen LogP contribution in [0.1, 0.15) is 22.3 Å². The summed E-state index contributed by atoms with van der Waals surface area (Å²) in [4.78, 5) is 15.9. The first-order valence-electron chi connectivity index (χ1n) is 6.18. The van der Waals surface area contributed by atoms with Crippen LogP contribution >= 0.6 is 27.5 Å². The van der Waals surface area contributed by atoms with E-state index in [4.69, 9.17) is 16.3 Å². The lowest BCUT2D eigenvalue weighted by molar-refractivity contribution is 0.0499. The highest BCUT2D eigenvalue weighted by molar-refractivity contribution is 9.10. The molecule has 1 heterocycles. The topological polar surface area (TPSA) is 39.2 Å². The molecule has 2 rings (SSSR count). The number of aryl methyl sites for hydroxylation is 1. The summed E-state index contributed by atoms with van der Waals surface area (Å²) < 4.78 is 5.92. The molecule has 1 aromatic carbocycles. The maximum absolute atomic E-state index is 11.9. The van der Waals surface area contributed by atoms with Crippen molar-refractivity contribution in [2.45, 2.75) is 12.8 Å². The second-order valence-corrected chi connectivity index (χ2v) is 5.52. The van der Waals surface area contributed by atoms with Crippen LogP contribution in [-0.4, -0.2) is 17.6 Å². The van der Waals surface area contributed by atoms with Gasteiger partial charge >= 0.3 is 5.97 Å². The Labute approximate surface area is 131 Å². The van der Waals surface area contributed by atoms with Crippen LogP contribution in [0.2, 0.25) is 5.02 Å². The van der Waals surface area contributed by atoms with E-state index in [1.54, 1.807) is 24.4 Å². The number of aromatic nitrogens is 1. The molecule has 0 unspecified atom stereocenters. The number of ether oxygens (including phenoxy) is 1. The average molecular weight is 355 g/mol. The summed E-state index contributed by atoms with van der Waals surface area (Å²) in [5, 5.41) is 0.510. The highest BCUT2D eigenvalue weighted by Gasteiger charge is 2.11. The fraction of sp³-hybridized carbons (Fsp3) is 0.200. The zero-order valence-corrected chi connectivity index (χ0v) is 13.0. The van der Waals surface area contributed by atoms with Gasteiger partial charge in [-0.05, 0) is 58.6 Å². The van der Waals surface area contributed by atoms with E-state index in [1.807, 2.05) is 18.3 Å². The van der Waals surface area contributed by atoms with E-state index in [0.29, 0.717) is 21.7 Å². The molecular formula is C15H13BrClNO2. The van der Waals surface area contributed by atoms with Crippen molar-refractivity contribution in [3.8, 4) is 0 Å². The van der Waals surface area contributed by atoms with E-state index in [0.717, 1.165) is 18.4 Å². The molecule has 0 spiro atoms. The Balaban J connectivity index is 1.82. The minimum absolute atomic E-state index is 0.368. The molecule has 0 amide bonds. The zero-order valence-electron chi connectivity index (χ0n) is 10.7. The molecule has 0 saturated heterocycles. The lowest BCUT2D eigenvalue weighted by Crippen LogP contribution is -2.08. The first-order valence-corrected chi connectivity index (χ1v) is 7.35. The smallest absolute Gasteiger partial charge is 0.339 e. The third-order valence-corrected chi connectivity index (χ3v) is 3.64. The van der Waals surface area contributed by atoms with Crippen molar-refractivity contribution in [2.24, 2.45) is 0 Å².